The van der Waals surface area contributed by atoms with Crippen LogP contribution in [0, 0.1) is 0 Å². The summed E-state index contributed by atoms with van der Waals surface area (Å²) in [6, 6.07) is 0.554. The van der Waals surface area contributed by atoms with Crippen LogP contribution in [0.15, 0.2) is 23.9 Å². The van der Waals surface area contributed by atoms with Crippen molar-refractivity contribution < 1.29 is 4.48 Å². The zero-order valence-electron chi connectivity index (χ0n) is 15.3. The predicted molar refractivity (Wildman–Crippen MR) is 94.3 cm³/mol. The number of likely N-dealkylation sites (N-methyl/N-ethyl adjacent to an activating group) is 1. The number of nitrogens with zero attached hydrogens (tertiary/aromatic N) is 1. The first-order chi connectivity index (χ1) is 9.80. The third-order valence-electron chi connectivity index (χ3n) is 5.35. The van der Waals surface area contributed by atoms with Crippen molar-refractivity contribution in [3.8, 4) is 0 Å². The van der Waals surface area contributed by atoms with Crippen molar-refractivity contribution in [2.75, 3.05) is 20.6 Å². The van der Waals surface area contributed by atoms with Crippen LogP contribution < -0.4 is 5.32 Å². The molecule has 0 aromatic rings. The fourth-order valence-corrected chi connectivity index (χ4v) is 3.33. The lowest BCUT2D eigenvalue weighted by Crippen LogP contribution is -2.50. The second-order valence-corrected chi connectivity index (χ2v) is 7.40. The van der Waals surface area contributed by atoms with Crippen LogP contribution in [0.2, 0.25) is 0 Å². The van der Waals surface area contributed by atoms with Crippen LogP contribution in [0.3, 0.4) is 0 Å². The normalized spacial score (nSPS) is 18.1. The van der Waals surface area contributed by atoms with Gasteiger partial charge in [-0.05, 0) is 32.9 Å². The largest absolute Gasteiger partial charge is 0.314 e. The zero-order valence-corrected chi connectivity index (χ0v) is 15.3. The van der Waals surface area contributed by atoms with Crippen molar-refractivity contribution in [2.24, 2.45) is 0 Å². The van der Waals surface area contributed by atoms with Crippen LogP contribution in [0.5, 0.6) is 0 Å². The molecule has 1 fully saturated rings. The Kier molecular flexibility index (Phi) is 6.68. The molecule has 0 aliphatic heterocycles. The van der Waals surface area contributed by atoms with E-state index in [1.54, 1.807) is 0 Å². The minimum Gasteiger partial charge on any atom is -0.314 e. The van der Waals surface area contributed by atoms with E-state index < -0.39 is 0 Å². The highest BCUT2D eigenvalue weighted by Crippen LogP contribution is 2.51. The molecule has 0 unspecified atom stereocenters. The van der Waals surface area contributed by atoms with E-state index in [-0.39, 0.29) is 0 Å². The third kappa shape index (κ3) is 4.43. The van der Waals surface area contributed by atoms with Gasteiger partial charge in [0.05, 0.1) is 14.1 Å². The predicted octanol–water partition coefficient (Wildman–Crippen LogP) is 4.63. The number of unbranched alkanes of at least 4 members (excludes halogenated alkanes) is 1. The number of hydrogen-bond donors (Lipinski definition) is 1. The molecule has 1 saturated carbocycles. The molecule has 122 valence electrons. The quantitative estimate of drug-likeness (QED) is 0.457. The maximum absolute atomic E-state index is 4.49. The highest BCUT2D eigenvalue weighted by Gasteiger charge is 2.56. The Bertz CT molecular complexity index is 373. The second-order valence-electron chi connectivity index (χ2n) is 7.40. The summed E-state index contributed by atoms with van der Waals surface area (Å²) in [6.07, 6.45) is 10.1. The highest BCUT2D eigenvalue weighted by atomic mass is 15.4. The summed E-state index contributed by atoms with van der Waals surface area (Å²) in [6.45, 7) is 14.4. The number of quaternary nitrogens is 1. The van der Waals surface area contributed by atoms with Gasteiger partial charge in [0, 0.05) is 30.9 Å². The molecule has 0 aromatic heterocycles. The molecule has 0 aromatic carbocycles. The highest BCUT2D eigenvalue weighted by molar-refractivity contribution is 5.24. The van der Waals surface area contributed by atoms with E-state index in [0.29, 0.717) is 11.6 Å². The topological polar surface area (TPSA) is 12.0 Å². The van der Waals surface area contributed by atoms with Crippen LogP contribution in [0.4, 0.5) is 0 Å². The van der Waals surface area contributed by atoms with Crippen molar-refractivity contribution in [2.45, 2.75) is 77.8 Å². The first-order valence-corrected chi connectivity index (χ1v) is 8.73. The van der Waals surface area contributed by atoms with Crippen molar-refractivity contribution in [3.63, 3.8) is 0 Å². The Morgan fingerprint density at radius 3 is 2.38 bits per heavy atom. The van der Waals surface area contributed by atoms with Crippen molar-refractivity contribution >= 4 is 0 Å². The number of hydrogen-bond acceptors (Lipinski definition) is 1. The third-order valence-corrected chi connectivity index (χ3v) is 5.35. The van der Waals surface area contributed by atoms with Gasteiger partial charge in [-0.25, -0.2) is 0 Å². The molecule has 1 rings (SSSR count). The molecule has 0 spiro atoms. The SMILES string of the molecule is C=C(/C(=C/C)CCNC(C)C)[N+](C)(C)C1(CCCC)CC1. The van der Waals surface area contributed by atoms with Gasteiger partial charge in [0.15, 0.2) is 0 Å². The molecule has 0 radical (unpaired) electrons. The Balaban J connectivity index is 2.70. The minimum atomic E-state index is 0.465. The molecule has 0 amide bonds. The van der Waals surface area contributed by atoms with E-state index in [0.717, 1.165) is 17.4 Å². The number of allylic oxidation sites excluding steroid dienone is 2. The maximum Gasteiger partial charge on any atom is 0.128 e. The molecule has 21 heavy (non-hydrogen) atoms. The molecule has 1 N–H and O–H groups in total. The fourth-order valence-electron chi connectivity index (χ4n) is 3.33. The fraction of sp³-hybridized carbons (Fsp3) is 0.789. The molecule has 0 atom stereocenters. The van der Waals surface area contributed by atoms with Crippen LogP contribution in [-0.2, 0) is 0 Å². The number of rotatable bonds is 10. The molecule has 2 heteroatoms. The van der Waals surface area contributed by atoms with Gasteiger partial charge in [0.2, 0.25) is 0 Å². The molecule has 0 heterocycles. The van der Waals surface area contributed by atoms with Gasteiger partial charge in [-0.2, -0.15) is 0 Å². The van der Waals surface area contributed by atoms with Crippen molar-refractivity contribution in [1.29, 1.82) is 0 Å². The van der Waals surface area contributed by atoms with Crippen LogP contribution >= 0.6 is 0 Å². The lowest BCUT2D eigenvalue weighted by atomic mass is 9.99. The summed E-state index contributed by atoms with van der Waals surface area (Å²) in [5.74, 6) is 0. The first kappa shape index (κ1) is 18.4. The van der Waals surface area contributed by atoms with E-state index in [2.05, 4.69) is 59.8 Å². The van der Waals surface area contributed by atoms with E-state index in [4.69, 9.17) is 0 Å². The number of nitrogens with one attached hydrogen (secondary N) is 1. The molecular formula is C19H37N2+. The molecule has 0 bridgehead atoms. The average Bonchev–Trinajstić information content (AvgIpc) is 3.22. The molecule has 0 saturated heterocycles. The molecular weight excluding hydrogens is 256 g/mol. The Morgan fingerprint density at radius 1 is 1.33 bits per heavy atom. The summed E-state index contributed by atoms with van der Waals surface area (Å²) in [5.41, 5.74) is 3.21. The first-order valence-electron chi connectivity index (χ1n) is 8.73. The van der Waals surface area contributed by atoms with E-state index in [9.17, 15) is 0 Å². The monoisotopic (exact) mass is 293 g/mol. The molecule has 2 nitrogen and oxygen atoms in total. The van der Waals surface area contributed by atoms with Crippen molar-refractivity contribution in [1.82, 2.24) is 5.32 Å². The molecule has 1 aliphatic rings. The Morgan fingerprint density at radius 2 is 1.95 bits per heavy atom. The van der Waals surface area contributed by atoms with Gasteiger partial charge >= 0.3 is 0 Å². The van der Waals surface area contributed by atoms with E-state index in [1.807, 2.05) is 0 Å². The molecule has 1 aliphatic carbocycles. The Labute approximate surface area is 132 Å². The lowest BCUT2D eigenvalue weighted by molar-refractivity contribution is -0.888. The standard InChI is InChI=1S/C19H37N2/c1-8-10-12-19(13-14-19)21(6,7)17(5)18(9-2)11-15-20-16(3)4/h9,16,20H,5,8,10-15H2,1-4,6-7H3/q+1/b18-9+. The van der Waals surface area contributed by atoms with Crippen LogP contribution in [-0.4, -0.2) is 36.7 Å². The van der Waals surface area contributed by atoms with Gasteiger partial charge in [0.1, 0.15) is 11.2 Å². The van der Waals surface area contributed by atoms with E-state index >= 15 is 0 Å². The second kappa shape index (κ2) is 7.60. The lowest BCUT2D eigenvalue weighted by Gasteiger charge is -2.41. The van der Waals surface area contributed by atoms with Gasteiger partial charge in [-0.1, -0.05) is 33.3 Å². The van der Waals surface area contributed by atoms with Crippen molar-refractivity contribution in [3.05, 3.63) is 23.9 Å². The summed E-state index contributed by atoms with van der Waals surface area (Å²) < 4.78 is 0.981. The summed E-state index contributed by atoms with van der Waals surface area (Å²) in [5, 5.41) is 3.52. The summed E-state index contributed by atoms with van der Waals surface area (Å²) in [4.78, 5) is 0. The smallest absolute Gasteiger partial charge is 0.128 e. The van der Waals surface area contributed by atoms with Gasteiger partial charge in [-0.3, -0.25) is 4.48 Å². The maximum atomic E-state index is 4.49. The van der Waals surface area contributed by atoms with Gasteiger partial charge < -0.3 is 5.32 Å². The van der Waals surface area contributed by atoms with Crippen LogP contribution in [0.25, 0.3) is 0 Å². The van der Waals surface area contributed by atoms with E-state index in [1.165, 1.54) is 43.4 Å². The summed E-state index contributed by atoms with van der Waals surface area (Å²) in [7, 11) is 4.73. The Hall–Kier alpha value is -0.600. The zero-order chi connectivity index (χ0) is 16.1. The van der Waals surface area contributed by atoms with Crippen LogP contribution in [0.1, 0.15) is 66.2 Å². The average molecular weight is 294 g/mol. The van der Waals surface area contributed by atoms with Gasteiger partial charge in [-0.15, -0.1) is 0 Å². The van der Waals surface area contributed by atoms with Gasteiger partial charge in [0.25, 0.3) is 0 Å². The summed E-state index contributed by atoms with van der Waals surface area (Å²) >= 11 is 0. The minimum absolute atomic E-state index is 0.465.